The van der Waals surface area contributed by atoms with Crippen molar-refractivity contribution in [1.29, 1.82) is 0 Å². The number of alkyl halides is 3. The summed E-state index contributed by atoms with van der Waals surface area (Å²) in [5.74, 6) is 0. The highest BCUT2D eigenvalue weighted by Gasteiger charge is 2.34. The molecular formula is C13H10F3NO. The summed E-state index contributed by atoms with van der Waals surface area (Å²) in [6.45, 7) is -0.391. The minimum atomic E-state index is -4.47. The van der Waals surface area contributed by atoms with E-state index in [9.17, 15) is 13.2 Å². The number of aliphatic hydroxyl groups is 1. The molecule has 0 saturated carbocycles. The lowest BCUT2D eigenvalue weighted by Gasteiger charge is -2.13. The summed E-state index contributed by atoms with van der Waals surface area (Å²) in [5, 5.41) is 8.96. The van der Waals surface area contributed by atoms with Crippen molar-refractivity contribution in [3.8, 4) is 11.3 Å². The van der Waals surface area contributed by atoms with Gasteiger partial charge < -0.3 is 5.11 Å². The van der Waals surface area contributed by atoms with Crippen LogP contribution < -0.4 is 0 Å². The summed E-state index contributed by atoms with van der Waals surface area (Å²) in [6.07, 6.45) is -4.47. The fraction of sp³-hybridized carbons (Fsp3) is 0.154. The third-order valence-electron chi connectivity index (χ3n) is 2.47. The molecule has 2 nitrogen and oxygen atoms in total. The Morgan fingerprint density at radius 3 is 2.22 bits per heavy atom. The van der Waals surface area contributed by atoms with Crippen molar-refractivity contribution in [1.82, 2.24) is 4.98 Å². The van der Waals surface area contributed by atoms with Gasteiger partial charge in [0.15, 0.2) is 0 Å². The van der Waals surface area contributed by atoms with E-state index in [1.54, 1.807) is 30.3 Å². The molecule has 0 radical (unpaired) electrons. The molecule has 2 rings (SSSR count). The van der Waals surface area contributed by atoms with Crippen LogP contribution in [0.25, 0.3) is 11.3 Å². The van der Waals surface area contributed by atoms with Crippen LogP contribution in [0.3, 0.4) is 0 Å². The van der Waals surface area contributed by atoms with E-state index in [0.29, 0.717) is 5.56 Å². The SMILES string of the molecule is OCc1ccc(C(F)(F)F)c(-c2ccccc2)n1. The van der Waals surface area contributed by atoms with Gasteiger partial charge in [-0.1, -0.05) is 30.3 Å². The average molecular weight is 253 g/mol. The standard InChI is InChI=1S/C13H10F3NO/c14-13(15,16)11-7-6-10(8-18)17-12(11)9-4-2-1-3-5-9/h1-7,18H,8H2. The Bertz CT molecular complexity index is 538. The number of hydrogen-bond donors (Lipinski definition) is 1. The monoisotopic (exact) mass is 253 g/mol. The molecule has 1 heterocycles. The van der Waals surface area contributed by atoms with E-state index in [2.05, 4.69) is 4.98 Å². The second-order valence-electron chi connectivity index (χ2n) is 3.72. The van der Waals surface area contributed by atoms with E-state index in [-0.39, 0.29) is 11.4 Å². The molecule has 1 aromatic heterocycles. The van der Waals surface area contributed by atoms with Gasteiger partial charge in [-0.05, 0) is 12.1 Å². The Hall–Kier alpha value is -1.88. The maximum atomic E-state index is 12.9. The van der Waals surface area contributed by atoms with Gasteiger partial charge >= 0.3 is 6.18 Å². The van der Waals surface area contributed by atoms with E-state index in [4.69, 9.17) is 5.11 Å². The van der Waals surface area contributed by atoms with Gasteiger partial charge in [0.1, 0.15) is 0 Å². The molecule has 0 amide bonds. The van der Waals surface area contributed by atoms with Gasteiger partial charge in [0.05, 0.1) is 23.6 Å². The van der Waals surface area contributed by atoms with Gasteiger partial charge in [0.2, 0.25) is 0 Å². The smallest absolute Gasteiger partial charge is 0.390 e. The van der Waals surface area contributed by atoms with Crippen LogP contribution in [0, 0.1) is 0 Å². The molecule has 94 valence electrons. The van der Waals surface area contributed by atoms with Crippen LogP contribution in [-0.2, 0) is 12.8 Å². The zero-order valence-corrected chi connectivity index (χ0v) is 9.28. The van der Waals surface area contributed by atoms with Crippen LogP contribution in [0.15, 0.2) is 42.5 Å². The average Bonchev–Trinajstić information content (AvgIpc) is 2.38. The van der Waals surface area contributed by atoms with E-state index in [1.807, 2.05) is 0 Å². The van der Waals surface area contributed by atoms with Crippen LogP contribution in [-0.4, -0.2) is 10.1 Å². The second kappa shape index (κ2) is 4.78. The summed E-state index contributed by atoms with van der Waals surface area (Å²) in [5.41, 5.74) is -0.373. The Morgan fingerprint density at radius 2 is 1.67 bits per heavy atom. The second-order valence-corrected chi connectivity index (χ2v) is 3.72. The first-order valence-corrected chi connectivity index (χ1v) is 5.26. The Morgan fingerprint density at radius 1 is 1.00 bits per heavy atom. The zero-order chi connectivity index (χ0) is 13.2. The number of hydrogen-bond acceptors (Lipinski definition) is 2. The van der Waals surface area contributed by atoms with E-state index < -0.39 is 18.3 Å². The zero-order valence-electron chi connectivity index (χ0n) is 9.28. The van der Waals surface area contributed by atoms with Crippen molar-refractivity contribution in [2.75, 3.05) is 0 Å². The minimum absolute atomic E-state index is 0.158. The molecule has 0 aliphatic heterocycles. The summed E-state index contributed by atoms with van der Waals surface area (Å²) in [4.78, 5) is 3.86. The number of halogens is 3. The van der Waals surface area contributed by atoms with Gasteiger partial charge in [-0.2, -0.15) is 13.2 Å². The third kappa shape index (κ3) is 2.51. The number of rotatable bonds is 2. The van der Waals surface area contributed by atoms with Crippen LogP contribution in [0.5, 0.6) is 0 Å². The number of aromatic nitrogens is 1. The fourth-order valence-electron chi connectivity index (χ4n) is 1.63. The first-order valence-electron chi connectivity index (χ1n) is 5.26. The van der Waals surface area contributed by atoms with Crippen LogP contribution in [0.1, 0.15) is 11.3 Å². The molecular weight excluding hydrogens is 243 g/mol. The topological polar surface area (TPSA) is 33.1 Å². The molecule has 0 unspecified atom stereocenters. The Kier molecular flexibility index (Phi) is 3.34. The van der Waals surface area contributed by atoms with Crippen molar-refractivity contribution in [2.45, 2.75) is 12.8 Å². The highest BCUT2D eigenvalue weighted by Crippen LogP contribution is 2.35. The van der Waals surface area contributed by atoms with E-state index in [1.165, 1.54) is 6.07 Å². The molecule has 5 heteroatoms. The van der Waals surface area contributed by atoms with Gasteiger partial charge in [-0.25, -0.2) is 4.98 Å². The van der Waals surface area contributed by atoms with Crippen molar-refractivity contribution in [3.05, 3.63) is 53.7 Å². The number of benzene rings is 1. The van der Waals surface area contributed by atoms with Crippen LogP contribution >= 0.6 is 0 Å². The first kappa shape index (κ1) is 12.6. The van der Waals surface area contributed by atoms with Gasteiger partial charge in [-0.15, -0.1) is 0 Å². The molecule has 1 N–H and O–H groups in total. The van der Waals surface area contributed by atoms with Crippen LogP contribution in [0.2, 0.25) is 0 Å². The maximum absolute atomic E-state index is 12.9. The quantitative estimate of drug-likeness (QED) is 0.891. The van der Waals surface area contributed by atoms with E-state index >= 15 is 0 Å². The summed E-state index contributed by atoms with van der Waals surface area (Å²) < 4.78 is 38.6. The fourth-order valence-corrected chi connectivity index (χ4v) is 1.63. The van der Waals surface area contributed by atoms with Crippen molar-refractivity contribution in [3.63, 3.8) is 0 Å². The largest absolute Gasteiger partial charge is 0.418 e. The van der Waals surface area contributed by atoms with E-state index in [0.717, 1.165) is 6.07 Å². The third-order valence-corrected chi connectivity index (χ3v) is 2.47. The minimum Gasteiger partial charge on any atom is -0.390 e. The van der Waals surface area contributed by atoms with Crippen LogP contribution in [0.4, 0.5) is 13.2 Å². The molecule has 0 aliphatic carbocycles. The normalized spacial score (nSPS) is 11.6. The van der Waals surface area contributed by atoms with Crippen molar-refractivity contribution in [2.24, 2.45) is 0 Å². The predicted octanol–water partition coefficient (Wildman–Crippen LogP) is 3.26. The number of pyridine rings is 1. The van der Waals surface area contributed by atoms with Crippen molar-refractivity contribution >= 4 is 0 Å². The Balaban J connectivity index is 2.62. The molecule has 0 fully saturated rings. The maximum Gasteiger partial charge on any atom is 0.418 e. The van der Waals surface area contributed by atoms with Crippen molar-refractivity contribution < 1.29 is 18.3 Å². The molecule has 1 aromatic carbocycles. The molecule has 0 atom stereocenters. The molecule has 0 spiro atoms. The summed E-state index contributed by atoms with van der Waals surface area (Å²) in [7, 11) is 0. The van der Waals surface area contributed by atoms with Gasteiger partial charge in [-0.3, -0.25) is 0 Å². The molecule has 0 bridgehead atoms. The lowest BCUT2D eigenvalue weighted by atomic mass is 10.0. The van der Waals surface area contributed by atoms with Gasteiger partial charge in [0, 0.05) is 5.56 Å². The Labute approximate surface area is 102 Å². The lowest BCUT2D eigenvalue weighted by molar-refractivity contribution is -0.137. The number of aliphatic hydroxyl groups excluding tert-OH is 1. The molecule has 2 aromatic rings. The summed E-state index contributed by atoms with van der Waals surface area (Å²) >= 11 is 0. The molecule has 0 aliphatic rings. The molecule has 0 saturated heterocycles. The van der Waals surface area contributed by atoms with Gasteiger partial charge in [0.25, 0.3) is 0 Å². The highest BCUT2D eigenvalue weighted by atomic mass is 19.4. The summed E-state index contributed by atoms with van der Waals surface area (Å²) in [6, 6.07) is 10.2. The first-order chi connectivity index (χ1) is 8.52. The highest BCUT2D eigenvalue weighted by molar-refractivity contribution is 5.63. The molecule has 18 heavy (non-hydrogen) atoms. The lowest BCUT2D eigenvalue weighted by Crippen LogP contribution is -2.09. The number of nitrogens with zero attached hydrogens (tertiary/aromatic N) is 1. The predicted molar refractivity (Wildman–Crippen MR) is 60.6 cm³/mol.